The molecule has 2 rings (SSSR count). The van der Waals surface area contributed by atoms with Gasteiger partial charge in [-0.15, -0.1) is 0 Å². The summed E-state index contributed by atoms with van der Waals surface area (Å²) < 4.78 is 0. The summed E-state index contributed by atoms with van der Waals surface area (Å²) >= 11 is 0. The van der Waals surface area contributed by atoms with Crippen LogP contribution in [0, 0.1) is 5.92 Å². The maximum absolute atomic E-state index is 10.6. The van der Waals surface area contributed by atoms with Gasteiger partial charge in [-0.2, -0.15) is 0 Å². The molecular formula is C12H12O2. The van der Waals surface area contributed by atoms with Crippen LogP contribution in [-0.4, -0.2) is 11.1 Å². The molecule has 0 saturated heterocycles. The minimum Gasteiger partial charge on any atom is -0.478 e. The van der Waals surface area contributed by atoms with Gasteiger partial charge in [0.25, 0.3) is 0 Å². The molecule has 1 aromatic rings. The third-order valence-corrected chi connectivity index (χ3v) is 2.40. The highest BCUT2D eigenvalue weighted by Gasteiger charge is 2.27. The van der Waals surface area contributed by atoms with Crippen molar-refractivity contribution in [3.63, 3.8) is 0 Å². The van der Waals surface area contributed by atoms with Gasteiger partial charge in [-0.25, -0.2) is 4.79 Å². The van der Waals surface area contributed by atoms with Gasteiger partial charge in [-0.05, 0) is 29.9 Å². The van der Waals surface area contributed by atoms with Crippen molar-refractivity contribution in [2.24, 2.45) is 5.92 Å². The van der Waals surface area contributed by atoms with E-state index in [0.29, 0.717) is 5.92 Å². The van der Waals surface area contributed by atoms with Gasteiger partial charge >= 0.3 is 5.97 Å². The average molecular weight is 188 g/mol. The van der Waals surface area contributed by atoms with Crippen molar-refractivity contribution in [1.82, 2.24) is 0 Å². The number of allylic oxidation sites excluding steroid dienone is 1. The Morgan fingerprint density at radius 2 is 1.93 bits per heavy atom. The summed E-state index contributed by atoms with van der Waals surface area (Å²) in [6.07, 6.45) is 3.58. The second kappa shape index (κ2) is 3.66. The molecule has 1 N–H and O–H groups in total. The van der Waals surface area contributed by atoms with Gasteiger partial charge in [-0.1, -0.05) is 30.3 Å². The molecule has 1 saturated carbocycles. The molecule has 0 amide bonds. The van der Waals surface area contributed by atoms with Crippen LogP contribution in [0.5, 0.6) is 0 Å². The molecule has 1 aromatic carbocycles. The Labute approximate surface area is 82.9 Å². The molecule has 14 heavy (non-hydrogen) atoms. The van der Waals surface area contributed by atoms with Crippen LogP contribution < -0.4 is 0 Å². The fraction of sp³-hybridized carbons (Fsp3) is 0.250. The number of carboxylic acids is 1. The summed E-state index contributed by atoms with van der Waals surface area (Å²) in [7, 11) is 0. The Balaban J connectivity index is 2.32. The van der Waals surface area contributed by atoms with Crippen LogP contribution in [0.15, 0.2) is 36.4 Å². The van der Waals surface area contributed by atoms with Gasteiger partial charge in [0.05, 0.1) is 0 Å². The molecule has 1 fully saturated rings. The van der Waals surface area contributed by atoms with E-state index in [9.17, 15) is 4.79 Å². The van der Waals surface area contributed by atoms with Gasteiger partial charge in [0.15, 0.2) is 0 Å². The lowest BCUT2D eigenvalue weighted by Gasteiger charge is -2.04. The van der Waals surface area contributed by atoms with E-state index in [1.807, 2.05) is 30.3 Å². The van der Waals surface area contributed by atoms with E-state index in [2.05, 4.69) is 0 Å². The van der Waals surface area contributed by atoms with Crippen LogP contribution in [0.1, 0.15) is 18.4 Å². The van der Waals surface area contributed by atoms with Crippen molar-refractivity contribution in [3.05, 3.63) is 42.0 Å². The Hall–Kier alpha value is -1.57. The number of hydrogen-bond donors (Lipinski definition) is 1. The van der Waals surface area contributed by atoms with E-state index in [1.165, 1.54) is 6.08 Å². The molecule has 2 nitrogen and oxygen atoms in total. The van der Waals surface area contributed by atoms with Crippen molar-refractivity contribution in [2.75, 3.05) is 0 Å². The quantitative estimate of drug-likeness (QED) is 0.740. The average Bonchev–Trinajstić information content (AvgIpc) is 2.99. The van der Waals surface area contributed by atoms with Gasteiger partial charge in [0.2, 0.25) is 0 Å². The van der Waals surface area contributed by atoms with Gasteiger partial charge in [0.1, 0.15) is 0 Å². The number of carboxylic acid groups (broad SMARTS) is 1. The molecule has 0 spiro atoms. The Morgan fingerprint density at radius 1 is 1.29 bits per heavy atom. The lowest BCUT2D eigenvalue weighted by Crippen LogP contribution is -1.94. The number of hydrogen-bond acceptors (Lipinski definition) is 1. The molecule has 0 atom stereocenters. The highest BCUT2D eigenvalue weighted by molar-refractivity contribution is 5.91. The molecule has 2 heteroatoms. The van der Waals surface area contributed by atoms with Crippen LogP contribution in [0.4, 0.5) is 0 Å². The smallest absolute Gasteiger partial charge is 0.328 e. The number of benzene rings is 1. The highest BCUT2D eigenvalue weighted by atomic mass is 16.4. The van der Waals surface area contributed by atoms with Crippen LogP contribution in [0.25, 0.3) is 5.57 Å². The Kier molecular flexibility index (Phi) is 2.35. The van der Waals surface area contributed by atoms with E-state index in [1.54, 1.807) is 0 Å². The molecule has 0 heterocycles. The Bertz CT molecular complexity index is 361. The summed E-state index contributed by atoms with van der Waals surface area (Å²) in [5, 5.41) is 8.75. The van der Waals surface area contributed by atoms with Crippen LogP contribution in [0.2, 0.25) is 0 Å². The summed E-state index contributed by atoms with van der Waals surface area (Å²) in [4.78, 5) is 10.6. The highest BCUT2D eigenvalue weighted by Crippen LogP contribution is 2.41. The van der Waals surface area contributed by atoms with Crippen LogP contribution >= 0.6 is 0 Å². The van der Waals surface area contributed by atoms with E-state index in [-0.39, 0.29) is 0 Å². The van der Waals surface area contributed by atoms with E-state index < -0.39 is 5.97 Å². The first-order valence-electron chi connectivity index (χ1n) is 4.77. The molecule has 0 bridgehead atoms. The predicted molar refractivity (Wildman–Crippen MR) is 54.8 cm³/mol. The van der Waals surface area contributed by atoms with Gasteiger partial charge in [0, 0.05) is 6.08 Å². The number of carbonyl (C=O) groups is 1. The van der Waals surface area contributed by atoms with Crippen molar-refractivity contribution in [1.29, 1.82) is 0 Å². The SMILES string of the molecule is O=C(O)/C=C(\c1ccccc1)C1CC1. The van der Waals surface area contributed by atoms with E-state index in [0.717, 1.165) is 24.0 Å². The van der Waals surface area contributed by atoms with Crippen LogP contribution in [0.3, 0.4) is 0 Å². The Morgan fingerprint density at radius 3 is 2.43 bits per heavy atom. The summed E-state index contributed by atoms with van der Waals surface area (Å²) in [6.45, 7) is 0. The largest absolute Gasteiger partial charge is 0.478 e. The fourth-order valence-electron chi connectivity index (χ4n) is 1.59. The molecular weight excluding hydrogens is 176 g/mol. The summed E-state index contributed by atoms with van der Waals surface area (Å²) in [6, 6.07) is 9.75. The molecule has 0 unspecified atom stereocenters. The topological polar surface area (TPSA) is 37.3 Å². The molecule has 0 aliphatic heterocycles. The van der Waals surface area contributed by atoms with Crippen molar-refractivity contribution in [3.8, 4) is 0 Å². The number of aliphatic carboxylic acids is 1. The van der Waals surface area contributed by atoms with Gasteiger partial charge in [-0.3, -0.25) is 0 Å². The van der Waals surface area contributed by atoms with Crippen molar-refractivity contribution in [2.45, 2.75) is 12.8 Å². The minimum absolute atomic E-state index is 0.466. The third-order valence-electron chi connectivity index (χ3n) is 2.40. The molecule has 72 valence electrons. The molecule has 0 aromatic heterocycles. The minimum atomic E-state index is -0.851. The van der Waals surface area contributed by atoms with Crippen LogP contribution in [-0.2, 0) is 4.79 Å². The zero-order chi connectivity index (χ0) is 9.97. The second-order valence-electron chi connectivity index (χ2n) is 3.58. The van der Waals surface area contributed by atoms with Gasteiger partial charge < -0.3 is 5.11 Å². The third kappa shape index (κ3) is 2.02. The van der Waals surface area contributed by atoms with E-state index in [4.69, 9.17) is 5.11 Å². The molecule has 1 aliphatic rings. The lowest BCUT2D eigenvalue weighted by molar-refractivity contribution is -0.131. The van der Waals surface area contributed by atoms with Crippen molar-refractivity contribution >= 4 is 11.5 Å². The fourth-order valence-corrected chi connectivity index (χ4v) is 1.59. The monoisotopic (exact) mass is 188 g/mol. The first-order valence-corrected chi connectivity index (χ1v) is 4.77. The lowest BCUT2D eigenvalue weighted by atomic mass is 10.0. The zero-order valence-corrected chi connectivity index (χ0v) is 7.81. The molecule has 1 aliphatic carbocycles. The van der Waals surface area contributed by atoms with Crippen molar-refractivity contribution < 1.29 is 9.90 Å². The maximum atomic E-state index is 10.6. The first kappa shape index (κ1) is 9.00. The predicted octanol–water partition coefficient (Wildman–Crippen LogP) is 2.56. The normalized spacial score (nSPS) is 16.7. The second-order valence-corrected chi connectivity index (χ2v) is 3.58. The summed E-state index contributed by atoms with van der Waals surface area (Å²) in [5.74, 6) is -0.385. The number of rotatable bonds is 3. The van der Waals surface area contributed by atoms with E-state index >= 15 is 0 Å². The maximum Gasteiger partial charge on any atom is 0.328 e. The molecule has 0 radical (unpaired) electrons. The summed E-state index contributed by atoms with van der Waals surface area (Å²) in [5.41, 5.74) is 2.01. The standard InChI is InChI=1S/C12H12O2/c13-12(14)8-11(10-6-7-10)9-4-2-1-3-5-9/h1-5,8,10H,6-7H2,(H,13,14)/b11-8+. The first-order chi connectivity index (χ1) is 6.77. The zero-order valence-electron chi connectivity index (χ0n) is 7.81.